The van der Waals surface area contributed by atoms with Crippen molar-refractivity contribution in [3.8, 4) is 34.3 Å². The molecule has 0 fully saturated rings. The van der Waals surface area contributed by atoms with Gasteiger partial charge in [-0.2, -0.15) is 21.6 Å². The topological polar surface area (TPSA) is 101 Å². The molecule has 2 aromatic carbocycles. The Hall–Kier alpha value is -3.67. The van der Waals surface area contributed by atoms with E-state index in [9.17, 15) is 26.4 Å². The number of carbonyl (C=O) groups excluding carboxylic acids is 1. The van der Waals surface area contributed by atoms with Gasteiger partial charge in [0.15, 0.2) is 23.0 Å². The molecule has 1 aromatic heterocycles. The fraction of sp³-hybridized carbons (Fsp3) is 0.190. The first-order valence-corrected chi connectivity index (χ1v) is 10.5. The van der Waals surface area contributed by atoms with E-state index in [1.165, 1.54) is 45.8 Å². The largest absolute Gasteiger partial charge is 0.534 e. The quantitative estimate of drug-likeness (QED) is 0.262. The summed E-state index contributed by atoms with van der Waals surface area (Å²) in [7, 11) is -2.06. The number of hydrogen-bond donors (Lipinski definition) is 0. The summed E-state index contributed by atoms with van der Waals surface area (Å²) in [5, 5.41) is 0. The van der Waals surface area contributed by atoms with Crippen molar-refractivity contribution in [2.45, 2.75) is 5.51 Å². The molecule has 0 N–H and O–H groups in total. The Morgan fingerprint density at radius 1 is 0.909 bits per heavy atom. The van der Waals surface area contributed by atoms with Gasteiger partial charge >= 0.3 is 15.6 Å². The summed E-state index contributed by atoms with van der Waals surface area (Å²) >= 11 is 0. The van der Waals surface area contributed by atoms with E-state index in [2.05, 4.69) is 4.18 Å². The van der Waals surface area contributed by atoms with Crippen molar-refractivity contribution >= 4 is 15.9 Å². The van der Waals surface area contributed by atoms with Crippen LogP contribution in [0.3, 0.4) is 0 Å². The van der Waals surface area contributed by atoms with Crippen molar-refractivity contribution in [1.82, 2.24) is 0 Å². The van der Waals surface area contributed by atoms with Crippen LogP contribution >= 0.6 is 0 Å². The van der Waals surface area contributed by atoms with E-state index in [1.54, 1.807) is 12.1 Å². The lowest BCUT2D eigenvalue weighted by atomic mass is 9.99. The number of benzene rings is 2. The lowest BCUT2D eigenvalue weighted by Crippen LogP contribution is -2.28. The molecule has 3 aromatic rings. The molecule has 0 aliphatic carbocycles. The van der Waals surface area contributed by atoms with E-state index in [0.29, 0.717) is 11.3 Å². The predicted molar refractivity (Wildman–Crippen MR) is 109 cm³/mol. The van der Waals surface area contributed by atoms with Gasteiger partial charge < -0.3 is 22.8 Å². The second-order valence-electron chi connectivity index (χ2n) is 6.41. The molecule has 0 aliphatic rings. The van der Waals surface area contributed by atoms with Crippen LogP contribution in [-0.4, -0.2) is 41.0 Å². The van der Waals surface area contributed by atoms with Crippen LogP contribution in [0.25, 0.3) is 11.3 Å². The highest BCUT2D eigenvalue weighted by Crippen LogP contribution is 2.40. The summed E-state index contributed by atoms with van der Waals surface area (Å²) in [6.45, 7) is 0. The molecule has 0 unspecified atom stereocenters. The molecule has 1 heterocycles. The van der Waals surface area contributed by atoms with Gasteiger partial charge in [-0.3, -0.25) is 4.79 Å². The van der Waals surface area contributed by atoms with E-state index in [4.69, 9.17) is 18.6 Å². The lowest BCUT2D eigenvalue weighted by Gasteiger charge is -2.16. The highest BCUT2D eigenvalue weighted by Gasteiger charge is 2.49. The monoisotopic (exact) mass is 486 g/mol. The Morgan fingerprint density at radius 2 is 1.55 bits per heavy atom. The van der Waals surface area contributed by atoms with E-state index in [1.807, 2.05) is 0 Å². The first-order valence-electron chi connectivity index (χ1n) is 9.05. The number of alkyl halides is 3. The fourth-order valence-electron chi connectivity index (χ4n) is 2.91. The molecule has 0 aliphatic heterocycles. The summed E-state index contributed by atoms with van der Waals surface area (Å²) < 4.78 is 87.0. The third-order valence-corrected chi connectivity index (χ3v) is 5.41. The van der Waals surface area contributed by atoms with Crippen LogP contribution in [0.15, 0.2) is 53.1 Å². The highest BCUT2D eigenvalue weighted by molar-refractivity contribution is 7.88. The number of furan rings is 1. The SMILES string of the molecule is COc1cc(C(=O)c2cc(-c3ccco3)ccc2OS(=O)(=O)C(F)(F)F)cc(OC)c1OC. The van der Waals surface area contributed by atoms with Gasteiger partial charge in [0.05, 0.1) is 33.2 Å². The van der Waals surface area contributed by atoms with Crippen LogP contribution in [-0.2, 0) is 10.1 Å². The second kappa shape index (κ2) is 9.06. The molecule has 176 valence electrons. The maximum Gasteiger partial charge on any atom is 0.534 e. The first kappa shape index (κ1) is 24.0. The van der Waals surface area contributed by atoms with E-state index < -0.39 is 32.7 Å². The zero-order valence-corrected chi connectivity index (χ0v) is 18.2. The Kier molecular flexibility index (Phi) is 6.58. The summed E-state index contributed by atoms with van der Waals surface area (Å²) in [5.41, 5.74) is -5.95. The average Bonchev–Trinajstić information content (AvgIpc) is 3.31. The van der Waals surface area contributed by atoms with Crippen molar-refractivity contribution in [3.63, 3.8) is 0 Å². The molecule has 0 spiro atoms. The van der Waals surface area contributed by atoms with Gasteiger partial charge in [-0.25, -0.2) is 0 Å². The van der Waals surface area contributed by atoms with Crippen LogP contribution in [0, 0.1) is 0 Å². The number of ether oxygens (including phenoxy) is 3. The van der Waals surface area contributed by atoms with Crippen molar-refractivity contribution < 1.29 is 49.2 Å². The van der Waals surface area contributed by atoms with Gasteiger partial charge in [0.2, 0.25) is 5.75 Å². The van der Waals surface area contributed by atoms with Gasteiger partial charge in [0.25, 0.3) is 0 Å². The maximum absolute atomic E-state index is 13.3. The third-order valence-electron chi connectivity index (χ3n) is 4.44. The Labute approximate surface area is 186 Å². The summed E-state index contributed by atoms with van der Waals surface area (Å²) in [4.78, 5) is 13.3. The standard InChI is InChI=1S/C21H17F3O8S/c1-28-17-10-13(11-18(29-2)20(17)30-3)19(25)14-9-12(15-5-4-8-31-15)6-7-16(14)32-33(26,27)21(22,23)24/h4-11H,1-3H3. The minimum Gasteiger partial charge on any atom is -0.493 e. The van der Waals surface area contributed by atoms with Gasteiger partial charge in [-0.1, -0.05) is 0 Å². The van der Waals surface area contributed by atoms with Crippen LogP contribution in [0.1, 0.15) is 15.9 Å². The molecular weight excluding hydrogens is 469 g/mol. The predicted octanol–water partition coefficient (Wildman–Crippen LogP) is 4.43. The van der Waals surface area contributed by atoms with Crippen LogP contribution in [0.5, 0.6) is 23.0 Å². The number of methoxy groups -OCH3 is 3. The minimum atomic E-state index is -6.04. The number of ketones is 1. The molecular formula is C21H17F3O8S. The zero-order chi connectivity index (χ0) is 24.4. The number of carbonyl (C=O) groups is 1. The molecule has 0 saturated carbocycles. The first-order chi connectivity index (χ1) is 15.5. The summed E-state index contributed by atoms with van der Waals surface area (Å²) in [5.74, 6) is -1.01. The van der Waals surface area contributed by atoms with E-state index in [-0.39, 0.29) is 22.8 Å². The Balaban J connectivity index is 2.19. The maximum atomic E-state index is 13.3. The summed E-state index contributed by atoms with van der Waals surface area (Å²) in [6, 6.07) is 9.01. The van der Waals surface area contributed by atoms with Crippen molar-refractivity contribution in [2.24, 2.45) is 0 Å². The smallest absolute Gasteiger partial charge is 0.493 e. The number of hydrogen-bond acceptors (Lipinski definition) is 8. The van der Waals surface area contributed by atoms with Crippen LogP contribution < -0.4 is 18.4 Å². The molecule has 3 rings (SSSR count). The third kappa shape index (κ3) is 4.75. The number of rotatable bonds is 8. The minimum absolute atomic E-state index is 0.0876. The Bertz CT molecular complexity index is 1240. The molecule has 0 radical (unpaired) electrons. The summed E-state index contributed by atoms with van der Waals surface area (Å²) in [6.07, 6.45) is 1.36. The second-order valence-corrected chi connectivity index (χ2v) is 7.95. The van der Waals surface area contributed by atoms with Gasteiger partial charge in [0.1, 0.15) is 5.76 Å². The fourth-order valence-corrected chi connectivity index (χ4v) is 3.39. The van der Waals surface area contributed by atoms with E-state index in [0.717, 1.165) is 12.1 Å². The highest BCUT2D eigenvalue weighted by atomic mass is 32.2. The van der Waals surface area contributed by atoms with Crippen molar-refractivity contribution in [3.05, 3.63) is 59.9 Å². The normalized spacial score (nSPS) is 11.7. The van der Waals surface area contributed by atoms with E-state index >= 15 is 0 Å². The van der Waals surface area contributed by atoms with Crippen molar-refractivity contribution in [1.29, 1.82) is 0 Å². The Morgan fingerprint density at radius 3 is 2.03 bits per heavy atom. The average molecular weight is 486 g/mol. The van der Waals surface area contributed by atoms with Gasteiger partial charge in [0, 0.05) is 11.1 Å². The van der Waals surface area contributed by atoms with Gasteiger partial charge in [-0.15, -0.1) is 0 Å². The number of halogens is 3. The molecule has 0 saturated heterocycles. The molecule has 0 amide bonds. The lowest BCUT2D eigenvalue weighted by molar-refractivity contribution is -0.0500. The van der Waals surface area contributed by atoms with Crippen LogP contribution in [0.2, 0.25) is 0 Å². The molecule has 33 heavy (non-hydrogen) atoms. The molecule has 8 nitrogen and oxygen atoms in total. The van der Waals surface area contributed by atoms with Gasteiger partial charge in [-0.05, 0) is 42.5 Å². The molecule has 0 atom stereocenters. The molecule has 12 heteroatoms. The van der Waals surface area contributed by atoms with Crippen LogP contribution in [0.4, 0.5) is 13.2 Å². The molecule has 0 bridgehead atoms. The zero-order valence-electron chi connectivity index (χ0n) is 17.4. The van der Waals surface area contributed by atoms with Crippen molar-refractivity contribution in [2.75, 3.05) is 21.3 Å².